The number of hydrogen-bond acceptors (Lipinski definition) is 2. The molecule has 3 heteroatoms. The standard InChI is InChI=1S/C12H15NO2/c1-9-11(14-3)7-10(5-6-13-2)8-12(9)15-4/h7-8H,5-6H2,1,3-4H3. The summed E-state index contributed by atoms with van der Waals surface area (Å²) >= 11 is 0. The van der Waals surface area contributed by atoms with Crippen LogP contribution in [0.25, 0.3) is 4.85 Å². The third kappa shape index (κ3) is 2.63. The molecule has 0 spiro atoms. The number of rotatable bonds is 4. The molecule has 3 nitrogen and oxygen atoms in total. The van der Waals surface area contributed by atoms with E-state index >= 15 is 0 Å². The maximum absolute atomic E-state index is 6.75. The molecule has 0 heterocycles. The van der Waals surface area contributed by atoms with Gasteiger partial charge in [-0.1, -0.05) is 0 Å². The summed E-state index contributed by atoms with van der Waals surface area (Å²) in [6, 6.07) is 3.92. The molecule has 0 amide bonds. The lowest BCUT2D eigenvalue weighted by atomic mass is 10.1. The zero-order chi connectivity index (χ0) is 11.3. The van der Waals surface area contributed by atoms with Crippen LogP contribution in [0.1, 0.15) is 11.1 Å². The molecule has 0 aliphatic rings. The van der Waals surface area contributed by atoms with Crippen LogP contribution in [-0.2, 0) is 6.42 Å². The SMILES string of the molecule is [C-]#[N+]CCc1cc(OC)c(C)c(OC)c1. The van der Waals surface area contributed by atoms with Crippen molar-refractivity contribution in [3.05, 3.63) is 34.7 Å². The zero-order valence-electron chi connectivity index (χ0n) is 9.33. The van der Waals surface area contributed by atoms with Crippen LogP contribution >= 0.6 is 0 Å². The Hall–Kier alpha value is -1.69. The average molecular weight is 205 g/mol. The molecule has 0 bridgehead atoms. The molecular weight excluding hydrogens is 190 g/mol. The molecule has 0 atom stereocenters. The smallest absolute Gasteiger partial charge is 0.218 e. The van der Waals surface area contributed by atoms with Crippen LogP contribution in [0, 0.1) is 13.5 Å². The van der Waals surface area contributed by atoms with Crippen molar-refractivity contribution in [3.63, 3.8) is 0 Å². The van der Waals surface area contributed by atoms with Crippen LogP contribution in [0.2, 0.25) is 0 Å². The molecule has 0 unspecified atom stereocenters. The van der Waals surface area contributed by atoms with Crippen LogP contribution in [0.15, 0.2) is 12.1 Å². The molecule has 80 valence electrons. The third-order valence-corrected chi connectivity index (χ3v) is 2.32. The minimum atomic E-state index is 0.495. The van der Waals surface area contributed by atoms with Gasteiger partial charge in [-0.2, -0.15) is 0 Å². The number of nitrogens with zero attached hydrogens (tertiary/aromatic N) is 1. The first-order chi connectivity index (χ1) is 7.22. The summed E-state index contributed by atoms with van der Waals surface area (Å²) in [4.78, 5) is 3.33. The van der Waals surface area contributed by atoms with Gasteiger partial charge < -0.3 is 14.3 Å². The molecule has 0 N–H and O–H groups in total. The van der Waals surface area contributed by atoms with Crippen LogP contribution in [-0.4, -0.2) is 20.8 Å². The molecule has 0 aliphatic heterocycles. The van der Waals surface area contributed by atoms with Gasteiger partial charge in [0.1, 0.15) is 11.5 Å². The van der Waals surface area contributed by atoms with Crippen molar-refractivity contribution < 1.29 is 9.47 Å². The molecule has 0 radical (unpaired) electrons. The van der Waals surface area contributed by atoms with Crippen molar-refractivity contribution in [2.45, 2.75) is 13.3 Å². The van der Waals surface area contributed by atoms with E-state index < -0.39 is 0 Å². The predicted octanol–water partition coefficient (Wildman–Crippen LogP) is 2.47. The molecule has 1 aromatic carbocycles. The maximum atomic E-state index is 6.75. The van der Waals surface area contributed by atoms with E-state index in [2.05, 4.69) is 4.85 Å². The normalized spacial score (nSPS) is 9.47. The molecule has 15 heavy (non-hydrogen) atoms. The Kier molecular flexibility index (Phi) is 3.99. The van der Waals surface area contributed by atoms with E-state index in [4.69, 9.17) is 16.0 Å². The highest BCUT2D eigenvalue weighted by molar-refractivity contribution is 5.47. The number of hydrogen-bond donors (Lipinski definition) is 0. The Labute approximate surface area is 90.5 Å². The van der Waals surface area contributed by atoms with E-state index in [0.29, 0.717) is 6.54 Å². The van der Waals surface area contributed by atoms with Gasteiger partial charge in [-0.25, -0.2) is 6.57 Å². The Morgan fingerprint density at radius 2 is 1.73 bits per heavy atom. The fraction of sp³-hybridized carbons (Fsp3) is 0.417. The monoisotopic (exact) mass is 205 g/mol. The van der Waals surface area contributed by atoms with Crippen molar-refractivity contribution >= 4 is 0 Å². The van der Waals surface area contributed by atoms with Crippen LogP contribution < -0.4 is 9.47 Å². The minimum Gasteiger partial charge on any atom is -0.496 e. The summed E-state index contributed by atoms with van der Waals surface area (Å²) in [6.45, 7) is 9.20. The minimum absolute atomic E-state index is 0.495. The number of benzene rings is 1. The Bertz CT molecular complexity index is 355. The first kappa shape index (κ1) is 11.4. The van der Waals surface area contributed by atoms with E-state index in [0.717, 1.165) is 29.0 Å². The van der Waals surface area contributed by atoms with Gasteiger partial charge in [-0.15, -0.1) is 0 Å². The topological polar surface area (TPSA) is 22.8 Å². The van der Waals surface area contributed by atoms with Crippen LogP contribution in [0.3, 0.4) is 0 Å². The van der Waals surface area contributed by atoms with Crippen molar-refractivity contribution in [1.29, 1.82) is 0 Å². The highest BCUT2D eigenvalue weighted by atomic mass is 16.5. The van der Waals surface area contributed by atoms with Crippen molar-refractivity contribution in [2.24, 2.45) is 0 Å². The fourth-order valence-corrected chi connectivity index (χ4v) is 1.47. The largest absolute Gasteiger partial charge is 0.496 e. The van der Waals surface area contributed by atoms with E-state index in [1.165, 1.54) is 0 Å². The summed E-state index contributed by atoms with van der Waals surface area (Å²) < 4.78 is 10.5. The molecule has 0 fully saturated rings. The predicted molar refractivity (Wildman–Crippen MR) is 59.5 cm³/mol. The van der Waals surface area contributed by atoms with Crippen LogP contribution in [0.4, 0.5) is 0 Å². The molecule has 0 aromatic heterocycles. The Balaban J connectivity index is 3.04. The maximum Gasteiger partial charge on any atom is 0.218 e. The van der Waals surface area contributed by atoms with Gasteiger partial charge in [0.15, 0.2) is 0 Å². The Morgan fingerprint density at radius 3 is 2.13 bits per heavy atom. The highest BCUT2D eigenvalue weighted by Gasteiger charge is 2.08. The molecular formula is C12H15NO2. The first-order valence-corrected chi connectivity index (χ1v) is 4.77. The fourth-order valence-electron chi connectivity index (χ4n) is 1.47. The van der Waals surface area contributed by atoms with Gasteiger partial charge in [0.25, 0.3) is 0 Å². The summed E-state index contributed by atoms with van der Waals surface area (Å²) in [5.74, 6) is 1.63. The van der Waals surface area contributed by atoms with Gasteiger partial charge >= 0.3 is 0 Å². The quantitative estimate of drug-likeness (QED) is 0.705. The summed E-state index contributed by atoms with van der Waals surface area (Å²) in [6.07, 6.45) is 0.733. The lowest BCUT2D eigenvalue weighted by molar-refractivity contribution is 0.388. The summed E-state index contributed by atoms with van der Waals surface area (Å²) in [5.41, 5.74) is 2.07. The van der Waals surface area contributed by atoms with Crippen molar-refractivity contribution in [2.75, 3.05) is 20.8 Å². The first-order valence-electron chi connectivity index (χ1n) is 4.77. The number of methoxy groups -OCH3 is 2. The second-order valence-corrected chi connectivity index (χ2v) is 3.26. The molecule has 0 saturated heterocycles. The van der Waals surface area contributed by atoms with Gasteiger partial charge in [-0.3, -0.25) is 0 Å². The van der Waals surface area contributed by atoms with Gasteiger partial charge in [0, 0.05) is 12.0 Å². The average Bonchev–Trinajstić information content (AvgIpc) is 2.27. The second kappa shape index (κ2) is 5.26. The van der Waals surface area contributed by atoms with E-state index in [1.54, 1.807) is 14.2 Å². The lowest BCUT2D eigenvalue weighted by Crippen LogP contribution is -1.96. The molecule has 0 saturated carbocycles. The lowest BCUT2D eigenvalue weighted by Gasteiger charge is -2.11. The third-order valence-electron chi connectivity index (χ3n) is 2.32. The Morgan fingerprint density at radius 1 is 1.20 bits per heavy atom. The van der Waals surface area contributed by atoms with E-state index in [1.807, 2.05) is 19.1 Å². The second-order valence-electron chi connectivity index (χ2n) is 3.26. The van der Waals surface area contributed by atoms with E-state index in [-0.39, 0.29) is 0 Å². The highest BCUT2D eigenvalue weighted by Crippen LogP contribution is 2.29. The molecule has 1 rings (SSSR count). The summed E-state index contributed by atoms with van der Waals surface area (Å²) in [7, 11) is 3.28. The van der Waals surface area contributed by atoms with Gasteiger partial charge in [0.05, 0.1) is 14.2 Å². The zero-order valence-corrected chi connectivity index (χ0v) is 9.33. The van der Waals surface area contributed by atoms with Gasteiger partial charge in [-0.05, 0) is 24.6 Å². The molecule has 0 aliphatic carbocycles. The van der Waals surface area contributed by atoms with Crippen molar-refractivity contribution in [3.8, 4) is 11.5 Å². The van der Waals surface area contributed by atoms with Gasteiger partial charge in [0.2, 0.25) is 6.54 Å². The van der Waals surface area contributed by atoms with Crippen LogP contribution in [0.5, 0.6) is 11.5 Å². The summed E-state index contributed by atoms with van der Waals surface area (Å²) in [5, 5.41) is 0. The number of ether oxygens (including phenoxy) is 2. The molecule has 1 aromatic rings. The van der Waals surface area contributed by atoms with E-state index in [9.17, 15) is 0 Å². The van der Waals surface area contributed by atoms with Crippen molar-refractivity contribution in [1.82, 2.24) is 0 Å².